The molecule has 1 rings (SSSR count). The van der Waals surface area contributed by atoms with Crippen LogP contribution in [-0.4, -0.2) is 33.6 Å². The van der Waals surface area contributed by atoms with E-state index in [1.807, 2.05) is 0 Å². The first-order chi connectivity index (χ1) is 9.66. The van der Waals surface area contributed by atoms with E-state index in [4.69, 9.17) is 13.6 Å². The van der Waals surface area contributed by atoms with E-state index in [0.29, 0.717) is 5.92 Å². The summed E-state index contributed by atoms with van der Waals surface area (Å²) in [6.45, 7) is 13.0. The van der Waals surface area contributed by atoms with Gasteiger partial charge in [-0.25, -0.2) is 0 Å². The SMILES string of the molecule is CCCC1CCC[Si](OCC)(OCC)C1(CC)OCC. The zero-order chi connectivity index (χ0) is 15.1. The van der Waals surface area contributed by atoms with Crippen molar-refractivity contribution >= 4 is 8.56 Å². The number of rotatable bonds is 9. The molecule has 20 heavy (non-hydrogen) atoms. The Labute approximate surface area is 126 Å². The summed E-state index contributed by atoms with van der Waals surface area (Å²) in [4.78, 5) is 0. The summed E-state index contributed by atoms with van der Waals surface area (Å²) in [5, 5.41) is -0.151. The minimum Gasteiger partial charge on any atom is -0.393 e. The number of hydrogen-bond acceptors (Lipinski definition) is 3. The lowest BCUT2D eigenvalue weighted by Crippen LogP contribution is -2.69. The molecular formula is C16H34O3Si. The van der Waals surface area contributed by atoms with Crippen molar-refractivity contribution in [2.45, 2.75) is 78.0 Å². The van der Waals surface area contributed by atoms with Gasteiger partial charge >= 0.3 is 8.56 Å². The summed E-state index contributed by atoms with van der Waals surface area (Å²) >= 11 is 0. The Morgan fingerprint density at radius 1 is 1.00 bits per heavy atom. The van der Waals surface area contributed by atoms with Crippen LogP contribution in [0.2, 0.25) is 6.04 Å². The highest BCUT2D eigenvalue weighted by Gasteiger charge is 2.62. The standard InChI is InChI=1S/C16H34O3Si/c1-6-12-15-13-11-14-20(18-9-4,19-10-5)16(15,7-2)17-8-3/h15H,6-14H2,1-5H3. The Balaban J connectivity index is 3.19. The molecule has 0 bridgehead atoms. The van der Waals surface area contributed by atoms with Crippen molar-refractivity contribution < 1.29 is 13.6 Å². The monoisotopic (exact) mass is 302 g/mol. The third-order valence-corrected chi connectivity index (χ3v) is 9.40. The average Bonchev–Trinajstić information content (AvgIpc) is 2.44. The maximum absolute atomic E-state index is 6.42. The van der Waals surface area contributed by atoms with Gasteiger partial charge in [-0.2, -0.15) is 0 Å². The summed E-state index contributed by atoms with van der Waals surface area (Å²) in [5.74, 6) is 0.593. The van der Waals surface area contributed by atoms with Crippen LogP contribution in [0.3, 0.4) is 0 Å². The molecule has 0 saturated carbocycles. The van der Waals surface area contributed by atoms with Crippen molar-refractivity contribution in [3.63, 3.8) is 0 Å². The lowest BCUT2D eigenvalue weighted by molar-refractivity contribution is -0.0792. The normalized spacial score (nSPS) is 29.6. The van der Waals surface area contributed by atoms with Gasteiger partial charge in [0.25, 0.3) is 0 Å². The van der Waals surface area contributed by atoms with E-state index < -0.39 is 8.56 Å². The average molecular weight is 303 g/mol. The van der Waals surface area contributed by atoms with Crippen LogP contribution in [0.15, 0.2) is 0 Å². The van der Waals surface area contributed by atoms with Crippen LogP contribution >= 0.6 is 0 Å². The van der Waals surface area contributed by atoms with E-state index in [1.54, 1.807) is 0 Å². The zero-order valence-electron chi connectivity index (χ0n) is 14.2. The Hall–Kier alpha value is 0.0969. The topological polar surface area (TPSA) is 27.7 Å². The molecule has 0 aromatic heterocycles. The van der Waals surface area contributed by atoms with Gasteiger partial charge in [-0.3, -0.25) is 0 Å². The zero-order valence-corrected chi connectivity index (χ0v) is 15.2. The quantitative estimate of drug-likeness (QED) is 0.589. The molecule has 1 heterocycles. The van der Waals surface area contributed by atoms with Gasteiger partial charge < -0.3 is 13.6 Å². The van der Waals surface area contributed by atoms with Gasteiger partial charge in [0, 0.05) is 19.8 Å². The highest BCUT2D eigenvalue weighted by atomic mass is 28.4. The summed E-state index contributed by atoms with van der Waals surface area (Å²) in [5.41, 5.74) is 0. The van der Waals surface area contributed by atoms with Crippen molar-refractivity contribution in [3.8, 4) is 0 Å². The Morgan fingerprint density at radius 3 is 2.10 bits per heavy atom. The van der Waals surface area contributed by atoms with Crippen molar-refractivity contribution in [2.75, 3.05) is 19.8 Å². The molecule has 1 fully saturated rings. The van der Waals surface area contributed by atoms with Crippen LogP contribution in [-0.2, 0) is 13.6 Å². The van der Waals surface area contributed by atoms with Gasteiger partial charge in [0.15, 0.2) is 0 Å². The fourth-order valence-electron chi connectivity index (χ4n) is 4.10. The Bertz CT molecular complexity index is 259. The van der Waals surface area contributed by atoms with Crippen molar-refractivity contribution in [2.24, 2.45) is 5.92 Å². The molecule has 0 amide bonds. The smallest absolute Gasteiger partial charge is 0.371 e. The second-order valence-electron chi connectivity index (χ2n) is 5.67. The first-order valence-corrected chi connectivity index (χ1v) is 10.6. The fraction of sp³-hybridized carbons (Fsp3) is 1.00. The van der Waals surface area contributed by atoms with E-state index in [-0.39, 0.29) is 5.22 Å². The maximum Gasteiger partial charge on any atom is 0.371 e. The highest BCUT2D eigenvalue weighted by Crippen LogP contribution is 2.48. The van der Waals surface area contributed by atoms with E-state index in [0.717, 1.165) is 32.3 Å². The van der Waals surface area contributed by atoms with Gasteiger partial charge in [0.2, 0.25) is 0 Å². The molecule has 2 unspecified atom stereocenters. The molecule has 1 aliphatic heterocycles. The van der Waals surface area contributed by atoms with Crippen LogP contribution in [0.25, 0.3) is 0 Å². The first kappa shape index (κ1) is 18.1. The van der Waals surface area contributed by atoms with Crippen LogP contribution in [0.5, 0.6) is 0 Å². The molecule has 120 valence electrons. The summed E-state index contributed by atoms with van der Waals surface area (Å²) < 4.78 is 19.1. The molecular weight excluding hydrogens is 268 g/mol. The maximum atomic E-state index is 6.42. The van der Waals surface area contributed by atoms with Crippen LogP contribution in [0, 0.1) is 5.92 Å². The van der Waals surface area contributed by atoms with Crippen molar-refractivity contribution in [1.82, 2.24) is 0 Å². The molecule has 0 aliphatic carbocycles. The third kappa shape index (κ3) is 3.29. The Kier molecular flexibility index (Phi) is 7.73. The van der Waals surface area contributed by atoms with E-state index in [1.165, 1.54) is 25.7 Å². The molecule has 0 spiro atoms. The van der Waals surface area contributed by atoms with E-state index >= 15 is 0 Å². The molecule has 3 nitrogen and oxygen atoms in total. The minimum absolute atomic E-state index is 0.151. The molecule has 0 aromatic rings. The predicted molar refractivity (Wildman–Crippen MR) is 86.1 cm³/mol. The largest absolute Gasteiger partial charge is 0.393 e. The second-order valence-corrected chi connectivity index (χ2v) is 9.10. The number of ether oxygens (including phenoxy) is 1. The van der Waals surface area contributed by atoms with Gasteiger partial charge in [-0.15, -0.1) is 0 Å². The van der Waals surface area contributed by atoms with E-state index in [9.17, 15) is 0 Å². The molecule has 2 atom stereocenters. The lowest BCUT2D eigenvalue weighted by Gasteiger charge is -2.53. The highest BCUT2D eigenvalue weighted by molar-refractivity contribution is 6.71. The van der Waals surface area contributed by atoms with Crippen LogP contribution in [0.1, 0.15) is 66.7 Å². The number of hydrogen-bond donors (Lipinski definition) is 0. The molecule has 4 heteroatoms. The third-order valence-electron chi connectivity index (χ3n) is 4.68. The van der Waals surface area contributed by atoms with Gasteiger partial charge in [-0.05, 0) is 52.0 Å². The van der Waals surface area contributed by atoms with Crippen LogP contribution in [0.4, 0.5) is 0 Å². The molecule has 1 aliphatic rings. The van der Waals surface area contributed by atoms with Crippen molar-refractivity contribution in [1.29, 1.82) is 0 Å². The second kappa shape index (κ2) is 8.52. The van der Waals surface area contributed by atoms with Gasteiger partial charge in [0.05, 0.1) is 0 Å². The lowest BCUT2D eigenvalue weighted by atomic mass is 9.89. The molecule has 1 saturated heterocycles. The fourth-order valence-corrected chi connectivity index (χ4v) is 8.80. The van der Waals surface area contributed by atoms with Gasteiger partial charge in [-0.1, -0.05) is 26.7 Å². The van der Waals surface area contributed by atoms with E-state index in [2.05, 4.69) is 34.6 Å². The molecule has 0 N–H and O–H groups in total. The summed E-state index contributed by atoms with van der Waals surface area (Å²) in [6.07, 6.45) is 5.94. The van der Waals surface area contributed by atoms with Crippen LogP contribution < -0.4 is 0 Å². The van der Waals surface area contributed by atoms with Crippen molar-refractivity contribution in [3.05, 3.63) is 0 Å². The molecule has 0 radical (unpaired) electrons. The minimum atomic E-state index is -2.31. The first-order valence-electron chi connectivity index (χ1n) is 8.58. The summed E-state index contributed by atoms with van der Waals surface area (Å²) in [6, 6.07) is 1.09. The summed E-state index contributed by atoms with van der Waals surface area (Å²) in [7, 11) is -2.31. The molecule has 0 aromatic carbocycles. The van der Waals surface area contributed by atoms with Gasteiger partial charge in [0.1, 0.15) is 5.22 Å². The Morgan fingerprint density at radius 2 is 1.65 bits per heavy atom. The predicted octanol–water partition coefficient (Wildman–Crippen LogP) is 4.44.